The zero-order valence-corrected chi connectivity index (χ0v) is 10.5. The van der Waals surface area contributed by atoms with E-state index in [0.29, 0.717) is 4.88 Å². The van der Waals surface area contributed by atoms with Crippen LogP contribution in [0.15, 0.2) is 22.7 Å². The van der Waals surface area contributed by atoms with Crippen LogP contribution in [-0.4, -0.2) is 34.7 Å². The third-order valence-corrected chi connectivity index (χ3v) is 4.79. The van der Waals surface area contributed by atoms with Crippen LogP contribution in [0.1, 0.15) is 4.88 Å². The Balaban J connectivity index is 2.19. The molecule has 0 aliphatic carbocycles. The van der Waals surface area contributed by atoms with Crippen molar-refractivity contribution in [3.05, 3.63) is 23.3 Å². The summed E-state index contributed by atoms with van der Waals surface area (Å²) in [6.07, 6.45) is 0.963. The number of H-pyrrole nitrogens is 1. The predicted octanol–water partition coefficient (Wildman–Crippen LogP) is 0.294. The summed E-state index contributed by atoms with van der Waals surface area (Å²) in [5.74, 6) is -1.01. The van der Waals surface area contributed by atoms with Crippen molar-refractivity contribution in [3.63, 3.8) is 0 Å². The predicted molar refractivity (Wildman–Crippen MR) is 62.9 cm³/mol. The molecule has 96 valence electrons. The molecule has 0 bridgehead atoms. The number of carboxylic acid groups (broad SMARTS) is 1. The number of aromatic nitrogens is 3. The Morgan fingerprint density at radius 2 is 2.28 bits per heavy atom. The minimum atomic E-state index is -3.76. The first-order chi connectivity index (χ1) is 8.47. The first kappa shape index (κ1) is 12.5. The normalized spacial score (nSPS) is 11.3. The van der Waals surface area contributed by atoms with Crippen LogP contribution in [0, 0.1) is 0 Å². The number of nitrogens with zero attached hydrogens (tertiary/aromatic N) is 2. The van der Waals surface area contributed by atoms with Crippen molar-refractivity contribution in [3.8, 4) is 0 Å². The summed E-state index contributed by atoms with van der Waals surface area (Å²) in [5, 5.41) is 14.5. The lowest BCUT2D eigenvalue weighted by Gasteiger charge is -2.01. The van der Waals surface area contributed by atoms with E-state index in [9.17, 15) is 13.2 Å². The molecule has 0 spiro atoms. The van der Waals surface area contributed by atoms with Gasteiger partial charge < -0.3 is 5.11 Å². The fourth-order valence-electron chi connectivity index (χ4n) is 1.18. The summed E-state index contributed by atoms with van der Waals surface area (Å²) in [6.45, 7) is 0. The molecule has 0 atom stereocenters. The molecule has 10 heteroatoms. The number of hydrogen-bond donors (Lipinski definition) is 3. The number of aliphatic carboxylic acids is 1. The van der Waals surface area contributed by atoms with E-state index in [1.165, 1.54) is 18.5 Å². The van der Waals surface area contributed by atoms with E-state index in [0.717, 1.165) is 11.3 Å². The monoisotopic (exact) mass is 288 g/mol. The number of carbonyl (C=O) groups is 1. The van der Waals surface area contributed by atoms with Crippen LogP contribution in [0.5, 0.6) is 0 Å². The van der Waals surface area contributed by atoms with Gasteiger partial charge in [0.2, 0.25) is 5.95 Å². The van der Waals surface area contributed by atoms with Crippen LogP contribution < -0.4 is 4.72 Å². The molecule has 3 N–H and O–H groups in total. The van der Waals surface area contributed by atoms with Crippen LogP contribution in [0.4, 0.5) is 5.95 Å². The molecule has 0 aromatic carbocycles. The van der Waals surface area contributed by atoms with Gasteiger partial charge >= 0.3 is 5.97 Å². The maximum atomic E-state index is 11.9. The first-order valence-electron chi connectivity index (χ1n) is 4.66. The Morgan fingerprint density at radius 1 is 1.50 bits per heavy atom. The summed E-state index contributed by atoms with van der Waals surface area (Å²) in [5.41, 5.74) is 0. The summed E-state index contributed by atoms with van der Waals surface area (Å²) < 4.78 is 25.9. The molecule has 0 saturated carbocycles. The van der Waals surface area contributed by atoms with Gasteiger partial charge in [0.05, 0.1) is 6.42 Å². The number of aromatic amines is 1. The highest BCUT2D eigenvalue weighted by molar-refractivity contribution is 7.94. The molecule has 0 amide bonds. The summed E-state index contributed by atoms with van der Waals surface area (Å²) >= 11 is 0.897. The second-order valence-electron chi connectivity index (χ2n) is 3.23. The van der Waals surface area contributed by atoms with Gasteiger partial charge in [-0.3, -0.25) is 4.79 Å². The van der Waals surface area contributed by atoms with Crippen molar-refractivity contribution >= 4 is 33.3 Å². The van der Waals surface area contributed by atoms with Gasteiger partial charge in [0.1, 0.15) is 10.5 Å². The number of sulfonamides is 1. The number of thiophene rings is 1. The highest BCUT2D eigenvalue weighted by Crippen LogP contribution is 2.23. The van der Waals surface area contributed by atoms with Crippen LogP contribution in [0.25, 0.3) is 0 Å². The van der Waals surface area contributed by atoms with Gasteiger partial charge in [0.15, 0.2) is 0 Å². The van der Waals surface area contributed by atoms with E-state index >= 15 is 0 Å². The number of carboxylic acids is 1. The molecular formula is C8H8N4O4S2. The van der Waals surface area contributed by atoms with Crippen molar-refractivity contribution in [1.82, 2.24) is 15.2 Å². The minimum absolute atomic E-state index is 0.00295. The van der Waals surface area contributed by atoms with Crippen molar-refractivity contribution in [2.45, 2.75) is 10.6 Å². The van der Waals surface area contributed by atoms with Crippen molar-refractivity contribution < 1.29 is 18.3 Å². The Hall–Kier alpha value is -1.94. The first-order valence-corrected chi connectivity index (χ1v) is 6.96. The summed E-state index contributed by atoms with van der Waals surface area (Å²) in [7, 11) is -3.76. The maximum absolute atomic E-state index is 11.9. The molecule has 18 heavy (non-hydrogen) atoms. The average molecular weight is 288 g/mol. The SMILES string of the molecule is O=C(O)Cc1ccc(S(=O)(=O)Nc2ncn[nH]2)s1. The van der Waals surface area contributed by atoms with Gasteiger partial charge in [-0.05, 0) is 12.1 Å². The van der Waals surface area contributed by atoms with Crippen molar-refractivity contribution in [1.29, 1.82) is 0 Å². The molecule has 0 aliphatic heterocycles. The Kier molecular flexibility index (Phi) is 3.30. The van der Waals surface area contributed by atoms with E-state index in [1.54, 1.807) is 0 Å². The minimum Gasteiger partial charge on any atom is -0.481 e. The van der Waals surface area contributed by atoms with Crippen molar-refractivity contribution in [2.75, 3.05) is 4.72 Å². The molecule has 2 aromatic rings. The zero-order valence-electron chi connectivity index (χ0n) is 8.82. The molecule has 0 radical (unpaired) electrons. The lowest BCUT2D eigenvalue weighted by molar-refractivity contribution is -0.136. The van der Waals surface area contributed by atoms with Gasteiger partial charge in [-0.15, -0.1) is 11.3 Å². The quantitative estimate of drug-likeness (QED) is 0.726. The second-order valence-corrected chi connectivity index (χ2v) is 6.31. The van der Waals surface area contributed by atoms with E-state index < -0.39 is 16.0 Å². The van der Waals surface area contributed by atoms with Crippen LogP contribution in [0.3, 0.4) is 0 Å². The average Bonchev–Trinajstić information content (AvgIpc) is 2.87. The Bertz CT molecular complexity index is 646. The third kappa shape index (κ3) is 2.84. The highest BCUT2D eigenvalue weighted by atomic mass is 32.2. The van der Waals surface area contributed by atoms with Crippen LogP contribution in [0.2, 0.25) is 0 Å². The van der Waals surface area contributed by atoms with E-state index in [-0.39, 0.29) is 16.6 Å². The second kappa shape index (κ2) is 4.74. The topological polar surface area (TPSA) is 125 Å². The molecule has 2 aromatic heterocycles. The molecule has 0 saturated heterocycles. The Morgan fingerprint density at radius 3 is 2.89 bits per heavy atom. The standard InChI is InChI=1S/C8H8N4O4S2/c13-6(14)3-5-1-2-7(17-5)18(15,16)12-8-9-4-10-11-8/h1-2,4H,3H2,(H,13,14)(H2,9,10,11,12). The van der Waals surface area contributed by atoms with E-state index in [2.05, 4.69) is 19.9 Å². The molecular weight excluding hydrogens is 280 g/mol. The van der Waals surface area contributed by atoms with Crippen LogP contribution in [-0.2, 0) is 21.2 Å². The van der Waals surface area contributed by atoms with Gasteiger partial charge in [-0.2, -0.15) is 10.1 Å². The van der Waals surface area contributed by atoms with E-state index in [4.69, 9.17) is 5.11 Å². The van der Waals surface area contributed by atoms with E-state index in [1.807, 2.05) is 0 Å². The lowest BCUT2D eigenvalue weighted by atomic mass is 10.3. The highest BCUT2D eigenvalue weighted by Gasteiger charge is 2.18. The fourth-order valence-corrected chi connectivity index (χ4v) is 3.49. The van der Waals surface area contributed by atoms with Gasteiger partial charge in [-0.1, -0.05) is 0 Å². The number of anilines is 1. The molecule has 0 aliphatic rings. The molecule has 2 heterocycles. The number of rotatable bonds is 5. The molecule has 8 nitrogen and oxygen atoms in total. The van der Waals surface area contributed by atoms with Gasteiger partial charge in [-0.25, -0.2) is 18.2 Å². The molecule has 2 rings (SSSR count). The smallest absolute Gasteiger partial charge is 0.308 e. The lowest BCUT2D eigenvalue weighted by Crippen LogP contribution is -2.12. The molecule has 0 fully saturated rings. The summed E-state index contributed by atoms with van der Waals surface area (Å²) in [6, 6.07) is 2.81. The largest absolute Gasteiger partial charge is 0.481 e. The van der Waals surface area contributed by atoms with Crippen LogP contribution >= 0.6 is 11.3 Å². The van der Waals surface area contributed by atoms with Gasteiger partial charge in [0.25, 0.3) is 10.0 Å². The molecule has 0 unspecified atom stereocenters. The summed E-state index contributed by atoms with van der Waals surface area (Å²) in [4.78, 5) is 14.6. The number of hydrogen-bond acceptors (Lipinski definition) is 6. The Labute approximate surface area is 106 Å². The number of nitrogens with one attached hydrogen (secondary N) is 2. The maximum Gasteiger partial charge on any atom is 0.308 e. The zero-order chi connectivity index (χ0) is 13.2. The van der Waals surface area contributed by atoms with Gasteiger partial charge in [0, 0.05) is 4.88 Å². The fraction of sp³-hybridized carbons (Fsp3) is 0.125. The third-order valence-electron chi connectivity index (χ3n) is 1.87. The van der Waals surface area contributed by atoms with Crippen molar-refractivity contribution in [2.24, 2.45) is 0 Å².